The summed E-state index contributed by atoms with van der Waals surface area (Å²) in [5.41, 5.74) is 0.721. The summed E-state index contributed by atoms with van der Waals surface area (Å²) < 4.78 is 12.3. The fourth-order valence-electron chi connectivity index (χ4n) is 4.02. The maximum atomic E-state index is 13.0. The first-order chi connectivity index (χ1) is 18.0. The van der Waals surface area contributed by atoms with Gasteiger partial charge in [-0.3, -0.25) is 23.7 Å². The van der Waals surface area contributed by atoms with Crippen molar-refractivity contribution in [2.75, 3.05) is 39.9 Å². The summed E-state index contributed by atoms with van der Waals surface area (Å²) >= 11 is 0. The van der Waals surface area contributed by atoms with E-state index in [1.165, 1.54) is 22.9 Å². The second kappa shape index (κ2) is 12.0. The Hall–Kier alpha value is -4.41. The molecule has 2 aromatic carbocycles. The van der Waals surface area contributed by atoms with Crippen LogP contribution in [0.5, 0.6) is 11.5 Å². The number of carbonyl (C=O) groups is 3. The Labute approximate surface area is 213 Å². The van der Waals surface area contributed by atoms with Gasteiger partial charge in [-0.05, 0) is 30.7 Å². The number of ether oxygens (including phenoxy) is 2. The van der Waals surface area contributed by atoms with Crippen LogP contribution in [0.3, 0.4) is 0 Å². The molecule has 3 aromatic rings. The average Bonchev–Trinajstić information content (AvgIpc) is 2.91. The summed E-state index contributed by atoms with van der Waals surface area (Å²) in [4.78, 5) is 56.7. The molecule has 37 heavy (non-hydrogen) atoms. The van der Waals surface area contributed by atoms with Gasteiger partial charge < -0.3 is 25.0 Å². The topological polar surface area (TPSA) is 132 Å². The molecule has 3 amide bonds. The van der Waals surface area contributed by atoms with Crippen LogP contribution in [0.15, 0.2) is 53.6 Å². The molecule has 0 atom stereocenters. The van der Waals surface area contributed by atoms with E-state index < -0.39 is 0 Å². The minimum atomic E-state index is -0.326. The molecule has 11 nitrogen and oxygen atoms in total. The van der Waals surface area contributed by atoms with E-state index in [0.717, 1.165) is 0 Å². The Morgan fingerprint density at radius 2 is 1.95 bits per heavy atom. The van der Waals surface area contributed by atoms with Crippen molar-refractivity contribution in [2.24, 2.45) is 0 Å². The number of para-hydroxylation sites is 1. The fraction of sp³-hybridized carbons (Fsp3) is 0.346. The van der Waals surface area contributed by atoms with E-state index in [1.54, 1.807) is 42.5 Å². The van der Waals surface area contributed by atoms with Gasteiger partial charge in [-0.25, -0.2) is 4.98 Å². The number of fused-ring (bicyclic) bond motifs is 2. The lowest BCUT2D eigenvalue weighted by atomic mass is 10.1. The Morgan fingerprint density at radius 3 is 2.78 bits per heavy atom. The number of nitrogens with zero attached hydrogens (tertiary/aromatic N) is 3. The van der Waals surface area contributed by atoms with Crippen molar-refractivity contribution in [1.82, 2.24) is 25.1 Å². The van der Waals surface area contributed by atoms with E-state index >= 15 is 0 Å². The number of benzene rings is 2. The smallest absolute Gasteiger partial charge is 0.261 e. The molecule has 1 aliphatic rings. The van der Waals surface area contributed by atoms with Crippen molar-refractivity contribution in [1.29, 1.82) is 0 Å². The van der Waals surface area contributed by atoms with Crippen LogP contribution in [-0.2, 0) is 16.1 Å². The quantitative estimate of drug-likeness (QED) is 0.538. The van der Waals surface area contributed by atoms with Crippen LogP contribution < -0.4 is 25.7 Å². The molecular formula is C26H29N5O6. The largest absolute Gasteiger partial charge is 0.497 e. The lowest BCUT2D eigenvalue weighted by Gasteiger charge is -2.23. The number of hydrogen-bond acceptors (Lipinski definition) is 7. The second-order valence-electron chi connectivity index (χ2n) is 8.50. The van der Waals surface area contributed by atoms with Crippen LogP contribution in [0.4, 0.5) is 0 Å². The van der Waals surface area contributed by atoms with Gasteiger partial charge in [0.2, 0.25) is 11.8 Å². The number of methoxy groups -OCH3 is 1. The summed E-state index contributed by atoms with van der Waals surface area (Å²) in [5.74, 6) is 0.00143. The molecule has 1 aromatic heterocycles. The molecule has 0 saturated carbocycles. The number of aryl methyl sites for hydroxylation is 1. The van der Waals surface area contributed by atoms with Gasteiger partial charge in [0, 0.05) is 32.1 Å². The lowest BCUT2D eigenvalue weighted by molar-refractivity contribution is -0.136. The first-order valence-corrected chi connectivity index (χ1v) is 12.0. The summed E-state index contributed by atoms with van der Waals surface area (Å²) in [5, 5.41) is 6.05. The van der Waals surface area contributed by atoms with Gasteiger partial charge >= 0.3 is 0 Å². The van der Waals surface area contributed by atoms with Gasteiger partial charge in [-0.1, -0.05) is 12.1 Å². The van der Waals surface area contributed by atoms with E-state index in [0.29, 0.717) is 40.9 Å². The third kappa shape index (κ3) is 6.43. The van der Waals surface area contributed by atoms with Gasteiger partial charge in [-0.2, -0.15) is 0 Å². The number of rotatable bonds is 4. The van der Waals surface area contributed by atoms with Crippen molar-refractivity contribution < 1.29 is 23.9 Å². The van der Waals surface area contributed by atoms with Crippen LogP contribution in [0.25, 0.3) is 10.9 Å². The fourth-order valence-corrected chi connectivity index (χ4v) is 4.02. The second-order valence-corrected chi connectivity index (χ2v) is 8.50. The monoisotopic (exact) mass is 507 g/mol. The van der Waals surface area contributed by atoms with Crippen LogP contribution in [-0.4, -0.2) is 72.1 Å². The highest BCUT2D eigenvalue weighted by Crippen LogP contribution is 2.25. The van der Waals surface area contributed by atoms with Crippen molar-refractivity contribution in [3.05, 3.63) is 64.7 Å². The zero-order valence-electron chi connectivity index (χ0n) is 20.6. The molecule has 2 heterocycles. The highest BCUT2D eigenvalue weighted by atomic mass is 16.5. The summed E-state index contributed by atoms with van der Waals surface area (Å²) in [6.07, 6.45) is 1.89. The number of aromatic nitrogens is 2. The van der Waals surface area contributed by atoms with Crippen molar-refractivity contribution in [2.45, 2.75) is 19.4 Å². The molecule has 1 aliphatic heterocycles. The normalized spacial score (nSPS) is 15.1. The Balaban J connectivity index is 1.41. The first kappa shape index (κ1) is 25.7. The molecule has 4 rings (SSSR count). The highest BCUT2D eigenvalue weighted by Gasteiger charge is 2.19. The number of carbonyl (C=O) groups excluding carboxylic acids is 3. The lowest BCUT2D eigenvalue weighted by Crippen LogP contribution is -2.43. The van der Waals surface area contributed by atoms with Gasteiger partial charge in [0.15, 0.2) is 0 Å². The van der Waals surface area contributed by atoms with Crippen LogP contribution in [0.1, 0.15) is 23.2 Å². The predicted molar refractivity (Wildman–Crippen MR) is 136 cm³/mol. The Morgan fingerprint density at radius 1 is 1.11 bits per heavy atom. The van der Waals surface area contributed by atoms with Crippen molar-refractivity contribution >= 4 is 28.6 Å². The summed E-state index contributed by atoms with van der Waals surface area (Å²) in [7, 11) is 1.52. The zero-order valence-corrected chi connectivity index (χ0v) is 20.6. The average molecular weight is 508 g/mol. The molecule has 0 spiro atoms. The van der Waals surface area contributed by atoms with E-state index in [-0.39, 0.29) is 62.5 Å². The van der Waals surface area contributed by atoms with Gasteiger partial charge in [0.25, 0.3) is 11.5 Å². The van der Waals surface area contributed by atoms with Crippen molar-refractivity contribution in [3.63, 3.8) is 0 Å². The molecule has 2 N–H and O–H groups in total. The number of amides is 3. The molecule has 0 fully saturated rings. The minimum absolute atomic E-state index is 0.0257. The number of hydrogen-bond donors (Lipinski definition) is 2. The van der Waals surface area contributed by atoms with Gasteiger partial charge in [-0.15, -0.1) is 0 Å². The minimum Gasteiger partial charge on any atom is -0.497 e. The standard InChI is InChI=1S/C26H29N5O6/c1-36-18-7-8-20-22(15-18)37-14-11-27-23(32)16-30(12-4-10-28-25(20)34)24(33)9-13-31-17-29-21-6-3-2-5-19(21)26(31)35/h2-3,5-8,15,17H,4,9-14,16H2,1H3,(H,27,32)(H,28,34). The van der Waals surface area contributed by atoms with Crippen LogP contribution in [0.2, 0.25) is 0 Å². The number of nitrogens with one attached hydrogen (secondary N) is 2. The third-order valence-corrected chi connectivity index (χ3v) is 5.99. The molecule has 0 unspecified atom stereocenters. The molecule has 0 aliphatic carbocycles. The Kier molecular flexibility index (Phi) is 8.34. The SMILES string of the molecule is COc1ccc2c(c1)OCCNC(=O)CN(C(=O)CCn1cnc3ccccc3c1=O)CCCNC2=O. The maximum Gasteiger partial charge on any atom is 0.261 e. The molecular weight excluding hydrogens is 478 g/mol. The van der Waals surface area contributed by atoms with E-state index in [1.807, 2.05) is 0 Å². The van der Waals surface area contributed by atoms with Gasteiger partial charge in [0.05, 0.1) is 43.0 Å². The van der Waals surface area contributed by atoms with Crippen LogP contribution >= 0.6 is 0 Å². The van der Waals surface area contributed by atoms with Gasteiger partial charge in [0.1, 0.15) is 18.1 Å². The Bertz CT molecular complexity index is 1350. The molecule has 0 bridgehead atoms. The first-order valence-electron chi connectivity index (χ1n) is 12.0. The molecule has 11 heteroatoms. The molecule has 0 radical (unpaired) electrons. The summed E-state index contributed by atoms with van der Waals surface area (Å²) in [6.45, 7) is 0.885. The van der Waals surface area contributed by atoms with E-state index in [4.69, 9.17) is 9.47 Å². The van der Waals surface area contributed by atoms with Crippen molar-refractivity contribution in [3.8, 4) is 11.5 Å². The highest BCUT2D eigenvalue weighted by molar-refractivity contribution is 5.97. The maximum absolute atomic E-state index is 13.0. The van der Waals surface area contributed by atoms with E-state index in [2.05, 4.69) is 15.6 Å². The third-order valence-electron chi connectivity index (χ3n) is 5.99. The zero-order chi connectivity index (χ0) is 26.2. The predicted octanol–water partition coefficient (Wildman–Crippen LogP) is 0.953. The van der Waals surface area contributed by atoms with E-state index in [9.17, 15) is 19.2 Å². The summed E-state index contributed by atoms with van der Waals surface area (Å²) in [6, 6.07) is 11.9. The molecule has 0 saturated heterocycles. The molecule has 194 valence electrons. The van der Waals surface area contributed by atoms with Crippen LogP contribution in [0, 0.1) is 0 Å².